The van der Waals surface area contributed by atoms with E-state index in [1.54, 1.807) is 24.3 Å². The molecule has 0 spiro atoms. The summed E-state index contributed by atoms with van der Waals surface area (Å²) in [4.78, 5) is 0. The van der Waals surface area contributed by atoms with Gasteiger partial charge in [-0.2, -0.15) is 0 Å². The van der Waals surface area contributed by atoms with Crippen LogP contribution in [0.15, 0.2) is 36.4 Å². The van der Waals surface area contributed by atoms with Gasteiger partial charge in [-0.25, -0.2) is 8.78 Å². The Morgan fingerprint density at radius 2 is 1.50 bits per heavy atom. The SMILES string of the molecule is CCC1CCC(CCCc2cc(F)c(-c3ccc(Cl)cc3)c(F)c2)CC1. The second-order valence-electron chi connectivity index (χ2n) is 7.63. The van der Waals surface area contributed by atoms with Crippen molar-refractivity contribution in [3.63, 3.8) is 0 Å². The van der Waals surface area contributed by atoms with E-state index in [1.807, 2.05) is 0 Å². The summed E-state index contributed by atoms with van der Waals surface area (Å²) in [6.07, 6.45) is 9.53. The Bertz CT molecular complexity index is 692. The van der Waals surface area contributed by atoms with Gasteiger partial charge in [-0.1, -0.05) is 69.2 Å². The quantitative estimate of drug-likeness (QED) is 0.482. The van der Waals surface area contributed by atoms with Crippen LogP contribution >= 0.6 is 11.6 Å². The number of hydrogen-bond acceptors (Lipinski definition) is 0. The first-order valence-corrected chi connectivity index (χ1v) is 10.2. The molecule has 1 saturated carbocycles. The molecule has 2 aromatic carbocycles. The zero-order valence-electron chi connectivity index (χ0n) is 15.4. The van der Waals surface area contributed by atoms with Crippen molar-refractivity contribution >= 4 is 11.6 Å². The average molecular weight is 377 g/mol. The third kappa shape index (κ3) is 4.85. The van der Waals surface area contributed by atoms with Crippen LogP contribution in [-0.2, 0) is 6.42 Å². The smallest absolute Gasteiger partial charge is 0.134 e. The number of rotatable bonds is 6. The lowest BCUT2D eigenvalue weighted by atomic mass is 9.79. The maximum absolute atomic E-state index is 14.5. The van der Waals surface area contributed by atoms with Crippen molar-refractivity contribution in [1.29, 1.82) is 0 Å². The first kappa shape index (κ1) is 19.4. The van der Waals surface area contributed by atoms with Gasteiger partial charge in [0.25, 0.3) is 0 Å². The fourth-order valence-electron chi connectivity index (χ4n) is 4.19. The predicted molar refractivity (Wildman–Crippen MR) is 105 cm³/mol. The van der Waals surface area contributed by atoms with E-state index in [0.717, 1.165) is 30.2 Å². The third-order valence-electron chi connectivity index (χ3n) is 5.86. The summed E-state index contributed by atoms with van der Waals surface area (Å²) in [5.41, 5.74) is 1.30. The number of benzene rings is 2. The van der Waals surface area contributed by atoms with E-state index < -0.39 is 11.6 Å². The number of hydrogen-bond donors (Lipinski definition) is 0. The lowest BCUT2D eigenvalue weighted by molar-refractivity contribution is 0.255. The monoisotopic (exact) mass is 376 g/mol. The van der Waals surface area contributed by atoms with Gasteiger partial charge in [0.15, 0.2) is 0 Å². The average Bonchev–Trinajstić information content (AvgIpc) is 2.63. The van der Waals surface area contributed by atoms with Crippen molar-refractivity contribution in [2.75, 3.05) is 0 Å². The van der Waals surface area contributed by atoms with E-state index in [4.69, 9.17) is 11.6 Å². The molecular weight excluding hydrogens is 350 g/mol. The second kappa shape index (κ2) is 8.99. The van der Waals surface area contributed by atoms with Gasteiger partial charge in [0.1, 0.15) is 11.6 Å². The molecule has 26 heavy (non-hydrogen) atoms. The Morgan fingerprint density at radius 1 is 0.923 bits per heavy atom. The Labute approximate surface area is 160 Å². The van der Waals surface area contributed by atoms with Gasteiger partial charge < -0.3 is 0 Å². The van der Waals surface area contributed by atoms with Crippen LogP contribution in [0.5, 0.6) is 0 Å². The molecule has 0 radical (unpaired) electrons. The van der Waals surface area contributed by atoms with Crippen LogP contribution in [0.2, 0.25) is 5.02 Å². The Balaban J connectivity index is 1.59. The minimum Gasteiger partial charge on any atom is -0.206 e. The highest BCUT2D eigenvalue weighted by atomic mass is 35.5. The molecular formula is C23H27ClF2. The Morgan fingerprint density at radius 3 is 2.08 bits per heavy atom. The van der Waals surface area contributed by atoms with Crippen molar-refractivity contribution in [3.8, 4) is 11.1 Å². The highest BCUT2D eigenvalue weighted by Gasteiger charge is 2.20. The fraction of sp³-hybridized carbons (Fsp3) is 0.478. The van der Waals surface area contributed by atoms with Crippen molar-refractivity contribution in [2.45, 2.75) is 58.3 Å². The molecule has 2 aromatic rings. The lowest BCUT2D eigenvalue weighted by Gasteiger charge is -2.27. The minimum absolute atomic E-state index is 0.0308. The van der Waals surface area contributed by atoms with E-state index in [-0.39, 0.29) is 5.56 Å². The molecule has 0 heterocycles. The zero-order valence-corrected chi connectivity index (χ0v) is 16.2. The van der Waals surface area contributed by atoms with E-state index in [0.29, 0.717) is 10.6 Å². The van der Waals surface area contributed by atoms with E-state index in [9.17, 15) is 8.78 Å². The molecule has 0 atom stereocenters. The summed E-state index contributed by atoms with van der Waals surface area (Å²) in [5.74, 6) is 0.715. The van der Waals surface area contributed by atoms with Crippen LogP contribution in [0.25, 0.3) is 11.1 Å². The maximum Gasteiger partial charge on any atom is 0.134 e. The van der Waals surface area contributed by atoms with E-state index in [2.05, 4.69) is 6.92 Å². The second-order valence-corrected chi connectivity index (χ2v) is 8.07. The van der Waals surface area contributed by atoms with Crippen LogP contribution in [0.4, 0.5) is 8.78 Å². The van der Waals surface area contributed by atoms with Gasteiger partial charge in [0.05, 0.1) is 5.56 Å². The molecule has 0 saturated heterocycles. The van der Waals surface area contributed by atoms with E-state index >= 15 is 0 Å². The molecule has 0 amide bonds. The van der Waals surface area contributed by atoms with Gasteiger partial charge in [0.2, 0.25) is 0 Å². The van der Waals surface area contributed by atoms with Crippen molar-refractivity contribution in [1.82, 2.24) is 0 Å². The van der Waals surface area contributed by atoms with Gasteiger partial charge in [-0.15, -0.1) is 0 Å². The normalized spacial score (nSPS) is 20.3. The summed E-state index contributed by atoms with van der Waals surface area (Å²) >= 11 is 5.85. The maximum atomic E-state index is 14.5. The largest absolute Gasteiger partial charge is 0.206 e. The summed E-state index contributed by atoms with van der Waals surface area (Å²) in [6.45, 7) is 2.28. The molecule has 0 aliphatic heterocycles. The molecule has 140 valence electrons. The molecule has 0 bridgehead atoms. The molecule has 3 rings (SSSR count). The first-order valence-electron chi connectivity index (χ1n) is 9.80. The molecule has 0 nitrogen and oxygen atoms in total. The molecule has 0 aromatic heterocycles. The third-order valence-corrected chi connectivity index (χ3v) is 6.11. The Kier molecular flexibility index (Phi) is 6.69. The van der Waals surface area contributed by atoms with E-state index in [1.165, 1.54) is 50.7 Å². The number of halogens is 3. The fourth-order valence-corrected chi connectivity index (χ4v) is 4.31. The van der Waals surface area contributed by atoms with Gasteiger partial charge in [-0.05, 0) is 60.1 Å². The molecule has 1 aliphatic rings. The Hall–Kier alpha value is -1.41. The highest BCUT2D eigenvalue weighted by molar-refractivity contribution is 6.30. The van der Waals surface area contributed by atoms with Gasteiger partial charge >= 0.3 is 0 Å². The van der Waals surface area contributed by atoms with Crippen LogP contribution in [0, 0.1) is 23.5 Å². The molecule has 1 fully saturated rings. The molecule has 1 aliphatic carbocycles. The summed E-state index contributed by atoms with van der Waals surface area (Å²) in [5, 5.41) is 0.555. The molecule has 0 N–H and O–H groups in total. The van der Waals surface area contributed by atoms with Crippen LogP contribution in [0.3, 0.4) is 0 Å². The highest BCUT2D eigenvalue weighted by Crippen LogP contribution is 2.34. The van der Waals surface area contributed by atoms with Crippen molar-refractivity contribution in [2.24, 2.45) is 11.8 Å². The summed E-state index contributed by atoms with van der Waals surface area (Å²) in [7, 11) is 0. The molecule has 3 heteroatoms. The summed E-state index contributed by atoms with van der Waals surface area (Å²) < 4.78 is 29.0. The zero-order chi connectivity index (χ0) is 18.5. The standard InChI is InChI=1S/C23H27ClF2/c1-2-16-6-8-17(9-7-16)4-3-5-18-14-21(25)23(22(26)15-18)19-10-12-20(24)13-11-19/h10-17H,2-9H2,1H3. The predicted octanol–water partition coefficient (Wildman–Crippen LogP) is 7.82. The summed E-state index contributed by atoms with van der Waals surface area (Å²) in [6, 6.07) is 9.57. The van der Waals surface area contributed by atoms with Crippen molar-refractivity contribution < 1.29 is 8.78 Å². The number of aryl methyl sites for hydroxylation is 1. The first-order chi connectivity index (χ1) is 12.6. The van der Waals surface area contributed by atoms with Gasteiger partial charge in [-0.3, -0.25) is 0 Å². The van der Waals surface area contributed by atoms with Crippen molar-refractivity contribution in [3.05, 3.63) is 58.6 Å². The van der Waals surface area contributed by atoms with Crippen LogP contribution in [0.1, 0.15) is 57.4 Å². The van der Waals surface area contributed by atoms with Crippen LogP contribution < -0.4 is 0 Å². The van der Waals surface area contributed by atoms with Gasteiger partial charge in [0, 0.05) is 5.02 Å². The molecule has 0 unspecified atom stereocenters. The lowest BCUT2D eigenvalue weighted by Crippen LogP contribution is -2.14. The topological polar surface area (TPSA) is 0 Å². The minimum atomic E-state index is -0.495. The van der Waals surface area contributed by atoms with Crippen LogP contribution in [-0.4, -0.2) is 0 Å².